The number of anilines is 2. The Hall–Kier alpha value is -3.93. The number of likely N-dealkylation sites (N-methyl/N-ethyl adjacent to an activating group) is 1. The zero-order chi connectivity index (χ0) is 24.1. The summed E-state index contributed by atoms with van der Waals surface area (Å²) < 4.78 is 0. The van der Waals surface area contributed by atoms with Gasteiger partial charge in [0.25, 0.3) is 5.91 Å². The Morgan fingerprint density at radius 2 is 1.62 bits per heavy atom. The maximum absolute atomic E-state index is 13.4. The minimum atomic E-state index is -0.321. The summed E-state index contributed by atoms with van der Waals surface area (Å²) in [5, 5.41) is 2.86. The second-order valence-electron chi connectivity index (χ2n) is 8.69. The fourth-order valence-electron chi connectivity index (χ4n) is 4.39. The van der Waals surface area contributed by atoms with Crippen LogP contribution in [0.15, 0.2) is 78.9 Å². The summed E-state index contributed by atoms with van der Waals surface area (Å²) in [6.07, 6.45) is 1.76. The maximum Gasteiger partial charge on any atom is 0.254 e. The van der Waals surface area contributed by atoms with Crippen LogP contribution in [0, 0.1) is 0 Å². The molecule has 34 heavy (non-hydrogen) atoms. The van der Waals surface area contributed by atoms with Gasteiger partial charge in [-0.05, 0) is 49.1 Å². The van der Waals surface area contributed by atoms with E-state index in [1.807, 2.05) is 67.6 Å². The Labute approximate surface area is 200 Å². The first-order valence-electron chi connectivity index (χ1n) is 11.5. The van der Waals surface area contributed by atoms with Crippen LogP contribution in [0.25, 0.3) is 0 Å². The van der Waals surface area contributed by atoms with E-state index in [1.165, 1.54) is 10.5 Å². The van der Waals surface area contributed by atoms with Gasteiger partial charge in [-0.1, -0.05) is 60.7 Å². The lowest BCUT2D eigenvalue weighted by Gasteiger charge is -2.30. The standard InChI is InChI=1S/C28H29N3O3/c1-20-18-26(32)29-24-14-8-9-15-25(24)31(20)27(33)19-30(2)28(34)23-13-7-6-12-22(23)17-16-21-10-4-3-5-11-21/h3-15,20H,16-19H2,1-2H3,(H,29,32)/t20-/m1/s1. The Balaban J connectivity index is 1.50. The summed E-state index contributed by atoms with van der Waals surface area (Å²) in [5.74, 6) is -0.553. The topological polar surface area (TPSA) is 69.7 Å². The molecule has 1 aliphatic rings. The minimum Gasteiger partial charge on any atom is -0.332 e. The number of nitrogens with one attached hydrogen (secondary N) is 1. The van der Waals surface area contributed by atoms with Gasteiger partial charge >= 0.3 is 0 Å². The molecule has 1 N–H and O–H groups in total. The highest BCUT2D eigenvalue weighted by Crippen LogP contribution is 2.31. The molecule has 3 aromatic rings. The van der Waals surface area contributed by atoms with E-state index in [-0.39, 0.29) is 36.7 Å². The van der Waals surface area contributed by atoms with Crippen LogP contribution in [-0.2, 0) is 22.4 Å². The molecule has 3 aromatic carbocycles. The number of hydrogen-bond donors (Lipinski definition) is 1. The van der Waals surface area contributed by atoms with E-state index in [0.717, 1.165) is 18.4 Å². The number of fused-ring (bicyclic) bond motifs is 1. The number of amides is 3. The molecule has 0 aliphatic carbocycles. The lowest BCUT2D eigenvalue weighted by Crippen LogP contribution is -2.45. The van der Waals surface area contributed by atoms with Gasteiger partial charge < -0.3 is 15.1 Å². The van der Waals surface area contributed by atoms with Crippen LogP contribution in [-0.4, -0.2) is 42.3 Å². The van der Waals surface area contributed by atoms with Crippen LogP contribution in [0.5, 0.6) is 0 Å². The summed E-state index contributed by atoms with van der Waals surface area (Å²) in [7, 11) is 1.64. The monoisotopic (exact) mass is 455 g/mol. The van der Waals surface area contributed by atoms with E-state index in [2.05, 4.69) is 17.4 Å². The molecule has 0 bridgehead atoms. The third-order valence-electron chi connectivity index (χ3n) is 6.12. The number of carbonyl (C=O) groups excluding carboxylic acids is 3. The molecule has 0 spiro atoms. The Bertz CT molecular complexity index is 1190. The molecule has 6 heteroatoms. The third kappa shape index (κ3) is 5.17. The second kappa shape index (κ2) is 10.3. The zero-order valence-electron chi connectivity index (χ0n) is 19.5. The fourth-order valence-corrected chi connectivity index (χ4v) is 4.39. The van der Waals surface area contributed by atoms with Crippen molar-refractivity contribution in [2.24, 2.45) is 0 Å². The van der Waals surface area contributed by atoms with E-state index in [4.69, 9.17) is 0 Å². The molecule has 6 nitrogen and oxygen atoms in total. The Kier molecular flexibility index (Phi) is 7.07. The predicted molar refractivity (Wildman–Crippen MR) is 134 cm³/mol. The van der Waals surface area contributed by atoms with E-state index < -0.39 is 0 Å². The molecule has 0 unspecified atom stereocenters. The highest BCUT2D eigenvalue weighted by Gasteiger charge is 2.31. The first-order valence-corrected chi connectivity index (χ1v) is 11.5. The number of carbonyl (C=O) groups is 3. The van der Waals surface area contributed by atoms with Gasteiger partial charge in [0.05, 0.1) is 11.4 Å². The van der Waals surface area contributed by atoms with Crippen molar-refractivity contribution in [1.82, 2.24) is 4.90 Å². The first kappa shape index (κ1) is 23.2. The summed E-state index contributed by atoms with van der Waals surface area (Å²) in [6.45, 7) is 1.76. The Morgan fingerprint density at radius 1 is 0.941 bits per heavy atom. The van der Waals surface area contributed by atoms with Crippen LogP contribution < -0.4 is 10.2 Å². The average Bonchev–Trinajstić information content (AvgIpc) is 2.97. The van der Waals surface area contributed by atoms with Crippen molar-refractivity contribution in [3.05, 3.63) is 95.6 Å². The first-order chi connectivity index (χ1) is 16.4. The van der Waals surface area contributed by atoms with Gasteiger partial charge in [0, 0.05) is 25.1 Å². The van der Waals surface area contributed by atoms with Crippen LogP contribution in [0.3, 0.4) is 0 Å². The highest BCUT2D eigenvalue weighted by molar-refractivity contribution is 6.06. The number of rotatable bonds is 6. The van der Waals surface area contributed by atoms with Crippen LogP contribution in [0.2, 0.25) is 0 Å². The molecule has 174 valence electrons. The lowest BCUT2D eigenvalue weighted by molar-refractivity contribution is -0.119. The average molecular weight is 456 g/mol. The zero-order valence-corrected chi connectivity index (χ0v) is 19.5. The number of para-hydroxylation sites is 2. The number of hydrogen-bond acceptors (Lipinski definition) is 3. The number of benzene rings is 3. The molecule has 1 heterocycles. The molecular weight excluding hydrogens is 426 g/mol. The van der Waals surface area contributed by atoms with Crippen LogP contribution in [0.1, 0.15) is 34.8 Å². The molecule has 0 aromatic heterocycles. The summed E-state index contributed by atoms with van der Waals surface area (Å²) in [5.41, 5.74) is 4.03. The molecule has 1 aliphatic heterocycles. The summed E-state index contributed by atoms with van der Waals surface area (Å²) in [4.78, 5) is 42.0. The van der Waals surface area contributed by atoms with E-state index in [0.29, 0.717) is 16.9 Å². The lowest BCUT2D eigenvalue weighted by atomic mass is 9.99. The Morgan fingerprint density at radius 3 is 2.41 bits per heavy atom. The second-order valence-corrected chi connectivity index (χ2v) is 8.69. The maximum atomic E-state index is 13.4. The normalized spacial score (nSPS) is 15.2. The molecule has 0 saturated carbocycles. The van der Waals surface area contributed by atoms with Crippen molar-refractivity contribution in [3.8, 4) is 0 Å². The van der Waals surface area contributed by atoms with Gasteiger partial charge in [-0.3, -0.25) is 14.4 Å². The van der Waals surface area contributed by atoms with Gasteiger partial charge in [-0.25, -0.2) is 0 Å². The molecule has 1 atom stereocenters. The molecule has 0 saturated heterocycles. The van der Waals surface area contributed by atoms with Crippen molar-refractivity contribution in [2.75, 3.05) is 23.8 Å². The van der Waals surface area contributed by atoms with Crippen molar-refractivity contribution in [3.63, 3.8) is 0 Å². The minimum absolute atomic E-state index is 0.0846. The quantitative estimate of drug-likeness (QED) is 0.602. The van der Waals surface area contributed by atoms with Crippen molar-refractivity contribution in [1.29, 1.82) is 0 Å². The van der Waals surface area contributed by atoms with Gasteiger partial charge in [0.1, 0.15) is 6.54 Å². The van der Waals surface area contributed by atoms with Crippen LogP contribution >= 0.6 is 0 Å². The van der Waals surface area contributed by atoms with Crippen LogP contribution in [0.4, 0.5) is 11.4 Å². The van der Waals surface area contributed by atoms with Gasteiger partial charge in [-0.2, -0.15) is 0 Å². The molecule has 4 rings (SSSR count). The number of nitrogens with zero attached hydrogens (tertiary/aromatic N) is 2. The largest absolute Gasteiger partial charge is 0.332 e. The smallest absolute Gasteiger partial charge is 0.254 e. The van der Waals surface area contributed by atoms with Gasteiger partial charge in [-0.15, -0.1) is 0 Å². The van der Waals surface area contributed by atoms with Gasteiger partial charge in [0.2, 0.25) is 11.8 Å². The highest BCUT2D eigenvalue weighted by atomic mass is 16.2. The molecule has 0 fully saturated rings. The van der Waals surface area contributed by atoms with Gasteiger partial charge in [0.15, 0.2) is 0 Å². The molecular formula is C28H29N3O3. The molecule has 3 amide bonds. The summed E-state index contributed by atoms with van der Waals surface area (Å²) >= 11 is 0. The summed E-state index contributed by atoms with van der Waals surface area (Å²) in [6, 6.07) is 24.7. The van der Waals surface area contributed by atoms with Crippen molar-refractivity contribution in [2.45, 2.75) is 32.2 Å². The van der Waals surface area contributed by atoms with E-state index >= 15 is 0 Å². The van der Waals surface area contributed by atoms with Crippen molar-refractivity contribution < 1.29 is 14.4 Å². The SMILES string of the molecule is C[C@@H]1CC(=O)Nc2ccccc2N1C(=O)CN(C)C(=O)c1ccccc1CCc1ccccc1. The third-order valence-corrected chi connectivity index (χ3v) is 6.12. The fraction of sp³-hybridized carbons (Fsp3) is 0.250. The number of aryl methyl sites for hydroxylation is 2. The molecule has 0 radical (unpaired) electrons. The van der Waals surface area contributed by atoms with E-state index in [1.54, 1.807) is 18.0 Å². The van der Waals surface area contributed by atoms with Crippen molar-refractivity contribution >= 4 is 29.1 Å². The predicted octanol–water partition coefficient (Wildman–Crippen LogP) is 4.31. The van der Waals surface area contributed by atoms with E-state index in [9.17, 15) is 14.4 Å².